The third-order valence-corrected chi connectivity index (χ3v) is 28.9. The molecule has 0 amide bonds. The Labute approximate surface area is 200 Å². The Bertz CT molecular complexity index is 768. The van der Waals surface area contributed by atoms with Crippen molar-refractivity contribution in [3.05, 3.63) is 47.6 Å². The second-order valence-electron chi connectivity index (χ2n) is 12.1. The summed E-state index contributed by atoms with van der Waals surface area (Å²) in [7, 11) is 0. The molecule has 8 unspecified atom stereocenters. The SMILES string of the molecule is CC1CC=CC=C2C1CC(C)[CH]2[Zr]([CH3])([CH3])(=[SiH2])[CH]1C2=CC=CCC(C)C2CC1C.Cl.Cl. The van der Waals surface area contributed by atoms with E-state index in [0.717, 1.165) is 42.8 Å². The summed E-state index contributed by atoms with van der Waals surface area (Å²) in [5.41, 5.74) is 3.74. The smallest absolute Gasteiger partial charge is 0.147 e. The molecule has 0 aromatic rings. The van der Waals surface area contributed by atoms with E-state index in [2.05, 4.69) is 80.3 Å². The molecule has 4 rings (SSSR count). The van der Waals surface area contributed by atoms with Gasteiger partial charge in [-0.2, -0.15) is 0 Å². The van der Waals surface area contributed by atoms with Crippen LogP contribution in [0.4, 0.5) is 0 Å². The molecule has 4 aliphatic rings. The zero-order chi connectivity index (χ0) is 20.3. The molecule has 2 saturated carbocycles. The predicted molar refractivity (Wildman–Crippen MR) is 139 cm³/mol. The molecule has 4 heteroatoms. The first kappa shape index (κ1) is 26.9. The molecule has 0 spiro atoms. The molecule has 0 nitrogen and oxygen atoms in total. The minimum Gasteiger partial charge on any atom is -0.147 e. The van der Waals surface area contributed by atoms with E-state index in [1.54, 1.807) is 0 Å². The predicted octanol–water partition coefficient (Wildman–Crippen LogP) is 8.10. The summed E-state index contributed by atoms with van der Waals surface area (Å²) in [5.74, 6) is 5.05. The number of hydrogen-bond acceptors (Lipinski definition) is 0. The second-order valence-corrected chi connectivity index (χ2v) is 42.8. The van der Waals surface area contributed by atoms with Crippen molar-refractivity contribution in [3.8, 4) is 0 Å². The fourth-order valence-electron chi connectivity index (χ4n) is 8.47. The zero-order valence-electron chi connectivity index (χ0n) is 19.9. The van der Waals surface area contributed by atoms with Gasteiger partial charge in [0.05, 0.1) is 0 Å². The van der Waals surface area contributed by atoms with Crippen LogP contribution in [-0.2, 0) is 17.4 Å². The summed E-state index contributed by atoms with van der Waals surface area (Å²) in [5, 5.41) is 0. The first-order chi connectivity index (χ1) is 13.1. The van der Waals surface area contributed by atoms with Gasteiger partial charge in [-0.15, -0.1) is 24.8 Å². The third-order valence-electron chi connectivity index (χ3n) is 9.25. The number of halogens is 2. The Hall–Kier alpha value is 0.640. The molecule has 0 aromatic heterocycles. The molecule has 4 aliphatic carbocycles. The number of allylic oxidation sites excluding steroid dienone is 8. The fourth-order valence-corrected chi connectivity index (χ4v) is 33.7. The Balaban J connectivity index is 0.00000160. The van der Waals surface area contributed by atoms with Crippen LogP contribution in [0.2, 0.25) is 16.5 Å². The van der Waals surface area contributed by atoms with Gasteiger partial charge in [0.25, 0.3) is 0 Å². The van der Waals surface area contributed by atoms with Gasteiger partial charge in [-0.1, -0.05) is 0 Å². The maximum Gasteiger partial charge on any atom is -0.147 e. The van der Waals surface area contributed by atoms with Gasteiger partial charge in [0.1, 0.15) is 0 Å². The number of hydrogen-bond donors (Lipinski definition) is 0. The summed E-state index contributed by atoms with van der Waals surface area (Å²) in [6.07, 6.45) is 20.2. The number of rotatable bonds is 2. The van der Waals surface area contributed by atoms with Gasteiger partial charge in [0, 0.05) is 0 Å². The summed E-state index contributed by atoms with van der Waals surface area (Å²) >= 11 is -3.08. The topological polar surface area (TPSA) is 0 Å². The van der Waals surface area contributed by atoms with Crippen molar-refractivity contribution in [3.63, 3.8) is 0 Å². The molecule has 0 radical (unpaired) electrons. The molecular formula is C26H44Cl2SiZr. The average Bonchev–Trinajstić information content (AvgIpc) is 3.01. The van der Waals surface area contributed by atoms with Crippen molar-refractivity contribution in [2.45, 2.75) is 69.9 Å². The van der Waals surface area contributed by atoms with Crippen molar-refractivity contribution in [1.29, 1.82) is 0 Å². The standard InChI is InChI=1S/2C12H17.2CH3.2ClH.H2Si.Zr/c2*1-9-7-11-6-4-3-5-10(2)12(11)8-9;;;;;;/h2*3-4,6-7,9-10,12H,5,8H2,1-2H3;2*1H3;2*1H;1H2;. The monoisotopic (exact) mass is 544 g/mol. The van der Waals surface area contributed by atoms with Crippen LogP contribution in [0.5, 0.6) is 0 Å². The summed E-state index contributed by atoms with van der Waals surface area (Å²) in [4.78, 5) is 0. The van der Waals surface area contributed by atoms with Crippen LogP contribution in [0.3, 0.4) is 0 Å². The first-order valence-corrected chi connectivity index (χ1v) is 25.6. The van der Waals surface area contributed by atoms with Crippen molar-refractivity contribution >= 4 is 31.7 Å². The molecule has 0 aliphatic heterocycles. The van der Waals surface area contributed by atoms with Crippen molar-refractivity contribution in [1.82, 2.24) is 0 Å². The van der Waals surface area contributed by atoms with Crippen LogP contribution in [0.15, 0.2) is 47.6 Å². The molecule has 0 aromatic carbocycles. The molecule has 2 fully saturated rings. The van der Waals surface area contributed by atoms with Gasteiger partial charge in [-0.3, -0.25) is 0 Å². The van der Waals surface area contributed by atoms with E-state index in [9.17, 15) is 0 Å². The molecule has 170 valence electrons. The van der Waals surface area contributed by atoms with Gasteiger partial charge >= 0.3 is 177 Å². The zero-order valence-corrected chi connectivity index (χ0v) is 25.4. The summed E-state index contributed by atoms with van der Waals surface area (Å²) < 4.78 is 7.49. The Morgan fingerprint density at radius 1 is 0.700 bits per heavy atom. The van der Waals surface area contributed by atoms with Gasteiger partial charge in [-0.25, -0.2) is 0 Å². The Morgan fingerprint density at radius 3 is 1.43 bits per heavy atom. The van der Waals surface area contributed by atoms with Crippen molar-refractivity contribution in [2.75, 3.05) is 0 Å². The van der Waals surface area contributed by atoms with E-state index in [0.29, 0.717) is 0 Å². The third kappa shape index (κ3) is 4.38. The second kappa shape index (κ2) is 9.48. The number of fused-ring (bicyclic) bond motifs is 2. The van der Waals surface area contributed by atoms with Crippen LogP contribution in [0, 0.1) is 35.5 Å². The minimum absolute atomic E-state index is 0. The van der Waals surface area contributed by atoms with E-state index < -0.39 is 17.4 Å². The van der Waals surface area contributed by atoms with Crippen molar-refractivity contribution < 1.29 is 17.4 Å². The molecule has 0 N–H and O–H groups in total. The van der Waals surface area contributed by atoms with E-state index in [1.807, 2.05) is 11.1 Å². The first-order valence-electron chi connectivity index (χ1n) is 11.9. The van der Waals surface area contributed by atoms with E-state index in [-0.39, 0.29) is 24.8 Å². The largest absolute Gasteiger partial charge is 0.147 e. The summed E-state index contributed by atoms with van der Waals surface area (Å²) in [6, 6.07) is 0. The van der Waals surface area contributed by atoms with Crippen LogP contribution in [0.1, 0.15) is 53.4 Å². The molecular weight excluding hydrogens is 503 g/mol. The van der Waals surface area contributed by atoms with E-state index in [1.165, 1.54) is 25.7 Å². The van der Waals surface area contributed by atoms with Gasteiger partial charge in [0.15, 0.2) is 0 Å². The molecule has 8 atom stereocenters. The molecule has 30 heavy (non-hydrogen) atoms. The van der Waals surface area contributed by atoms with Gasteiger partial charge in [0.2, 0.25) is 0 Å². The van der Waals surface area contributed by atoms with Crippen LogP contribution >= 0.6 is 24.8 Å². The normalized spacial score (nSPS) is 40.8. The van der Waals surface area contributed by atoms with Crippen LogP contribution < -0.4 is 0 Å². The van der Waals surface area contributed by atoms with Gasteiger partial charge < -0.3 is 0 Å². The Morgan fingerprint density at radius 2 is 1.07 bits per heavy atom. The molecule has 0 saturated heterocycles. The van der Waals surface area contributed by atoms with E-state index >= 15 is 0 Å². The van der Waals surface area contributed by atoms with Crippen LogP contribution in [0.25, 0.3) is 0 Å². The van der Waals surface area contributed by atoms with Gasteiger partial charge in [-0.05, 0) is 0 Å². The molecule has 0 bridgehead atoms. The van der Waals surface area contributed by atoms with Crippen LogP contribution in [-0.4, -0.2) is 6.88 Å². The fraction of sp³-hybridized carbons (Fsp3) is 0.692. The summed E-state index contributed by atoms with van der Waals surface area (Å²) in [6.45, 7) is 12.8. The average molecular weight is 547 g/mol. The molecule has 0 heterocycles. The minimum atomic E-state index is -3.08. The Kier molecular flexibility index (Phi) is 8.50. The maximum atomic E-state index is 2.85. The quantitative estimate of drug-likeness (QED) is 0.307. The van der Waals surface area contributed by atoms with Crippen molar-refractivity contribution in [2.24, 2.45) is 35.5 Å². The maximum absolute atomic E-state index is 3.08. The van der Waals surface area contributed by atoms with E-state index in [4.69, 9.17) is 0 Å².